The number of nitrogens with zero attached hydrogens (tertiary/aromatic N) is 4. The lowest BCUT2D eigenvalue weighted by Crippen LogP contribution is -2.25. The van der Waals surface area contributed by atoms with Crippen molar-refractivity contribution < 1.29 is 4.39 Å². The summed E-state index contributed by atoms with van der Waals surface area (Å²) in [6.07, 6.45) is 7.20. The van der Waals surface area contributed by atoms with Crippen molar-refractivity contribution in [1.82, 2.24) is 14.6 Å². The topological polar surface area (TPSA) is 85.5 Å². The first-order valence-corrected chi connectivity index (χ1v) is 9.43. The molecule has 0 bridgehead atoms. The second kappa shape index (κ2) is 7.15. The summed E-state index contributed by atoms with van der Waals surface area (Å²) in [5.41, 5.74) is 15.3. The van der Waals surface area contributed by atoms with E-state index in [1.54, 1.807) is 16.8 Å². The van der Waals surface area contributed by atoms with Crippen LogP contribution in [0, 0.1) is 5.82 Å². The lowest BCUT2D eigenvalue weighted by Gasteiger charge is -2.28. The SMILES string of the molecule is C[C@@H](N)CCc1ccc(F)cc1[C@H]1CCCN1c1ccn2ncc(N)c2n1. The molecule has 1 aliphatic rings. The molecule has 4 rings (SSSR count). The summed E-state index contributed by atoms with van der Waals surface area (Å²) >= 11 is 0. The molecule has 0 aliphatic carbocycles. The highest BCUT2D eigenvalue weighted by atomic mass is 19.1. The van der Waals surface area contributed by atoms with E-state index < -0.39 is 0 Å². The molecule has 0 unspecified atom stereocenters. The van der Waals surface area contributed by atoms with E-state index in [0.717, 1.165) is 49.2 Å². The molecular formula is C20H25FN6. The number of anilines is 2. The van der Waals surface area contributed by atoms with Crippen molar-refractivity contribution >= 4 is 17.2 Å². The van der Waals surface area contributed by atoms with E-state index in [9.17, 15) is 4.39 Å². The Balaban J connectivity index is 1.70. The predicted octanol–water partition coefficient (Wildman–Crippen LogP) is 3.07. The van der Waals surface area contributed by atoms with Gasteiger partial charge in [-0.05, 0) is 61.9 Å². The number of rotatable bonds is 5. The normalized spacial score (nSPS) is 18.3. The van der Waals surface area contributed by atoms with Gasteiger partial charge in [-0.1, -0.05) is 6.07 Å². The van der Waals surface area contributed by atoms with Gasteiger partial charge in [0.15, 0.2) is 5.65 Å². The maximum absolute atomic E-state index is 14.1. The summed E-state index contributed by atoms with van der Waals surface area (Å²) in [4.78, 5) is 6.95. The fraction of sp³-hybridized carbons (Fsp3) is 0.400. The highest BCUT2D eigenvalue weighted by molar-refractivity contribution is 5.65. The maximum atomic E-state index is 14.1. The number of halogens is 1. The molecule has 1 saturated heterocycles. The molecular weight excluding hydrogens is 343 g/mol. The van der Waals surface area contributed by atoms with Crippen LogP contribution in [0.5, 0.6) is 0 Å². The van der Waals surface area contributed by atoms with Gasteiger partial charge in [-0.3, -0.25) is 0 Å². The van der Waals surface area contributed by atoms with Crippen molar-refractivity contribution in [1.29, 1.82) is 0 Å². The molecule has 3 heterocycles. The van der Waals surface area contributed by atoms with Crippen LogP contribution in [-0.4, -0.2) is 27.2 Å². The zero-order chi connectivity index (χ0) is 19.0. The monoisotopic (exact) mass is 368 g/mol. The van der Waals surface area contributed by atoms with Crippen LogP contribution in [0.2, 0.25) is 0 Å². The van der Waals surface area contributed by atoms with Gasteiger partial charge in [0.05, 0.1) is 17.9 Å². The average molecular weight is 368 g/mol. The molecule has 142 valence electrons. The molecule has 2 atom stereocenters. The fourth-order valence-corrected chi connectivity index (χ4v) is 3.89. The summed E-state index contributed by atoms with van der Waals surface area (Å²) in [5.74, 6) is 0.643. The van der Waals surface area contributed by atoms with Crippen LogP contribution in [0.25, 0.3) is 5.65 Å². The van der Waals surface area contributed by atoms with E-state index in [4.69, 9.17) is 16.5 Å². The summed E-state index contributed by atoms with van der Waals surface area (Å²) in [7, 11) is 0. The zero-order valence-electron chi connectivity index (χ0n) is 15.5. The number of fused-ring (bicyclic) bond motifs is 1. The average Bonchev–Trinajstić information content (AvgIpc) is 3.27. The van der Waals surface area contributed by atoms with E-state index in [-0.39, 0.29) is 17.9 Å². The highest BCUT2D eigenvalue weighted by Gasteiger charge is 2.29. The summed E-state index contributed by atoms with van der Waals surface area (Å²) in [6, 6.07) is 7.27. The van der Waals surface area contributed by atoms with Gasteiger partial charge >= 0.3 is 0 Å². The van der Waals surface area contributed by atoms with Crippen LogP contribution in [0.1, 0.15) is 43.4 Å². The molecule has 7 heteroatoms. The summed E-state index contributed by atoms with van der Waals surface area (Å²) in [5, 5.41) is 4.18. The molecule has 1 aromatic carbocycles. The number of benzene rings is 1. The van der Waals surface area contributed by atoms with E-state index in [1.807, 2.05) is 25.3 Å². The van der Waals surface area contributed by atoms with Gasteiger partial charge in [0.25, 0.3) is 0 Å². The number of hydrogen-bond acceptors (Lipinski definition) is 5. The smallest absolute Gasteiger partial charge is 0.180 e. The van der Waals surface area contributed by atoms with E-state index in [2.05, 4.69) is 10.00 Å². The number of nitrogens with two attached hydrogens (primary N) is 2. The van der Waals surface area contributed by atoms with Crippen LogP contribution in [0.4, 0.5) is 15.9 Å². The molecule has 0 saturated carbocycles. The Morgan fingerprint density at radius 2 is 2.19 bits per heavy atom. The maximum Gasteiger partial charge on any atom is 0.180 e. The third-order valence-corrected chi connectivity index (χ3v) is 5.26. The first-order valence-electron chi connectivity index (χ1n) is 9.43. The van der Waals surface area contributed by atoms with Gasteiger partial charge in [-0.2, -0.15) is 5.10 Å². The van der Waals surface area contributed by atoms with Crippen molar-refractivity contribution in [2.75, 3.05) is 17.2 Å². The van der Waals surface area contributed by atoms with Crippen molar-refractivity contribution in [3.05, 3.63) is 53.6 Å². The lowest BCUT2D eigenvalue weighted by molar-refractivity contribution is 0.609. The Bertz CT molecular complexity index is 951. The van der Waals surface area contributed by atoms with E-state index in [0.29, 0.717) is 11.3 Å². The first kappa shape index (κ1) is 17.7. The van der Waals surface area contributed by atoms with Crippen LogP contribution in [0.15, 0.2) is 36.7 Å². The standard InChI is InChI=1S/C20H25FN6/c1-13(22)4-5-14-6-7-15(21)11-16(14)18-3-2-9-26(18)19-8-10-27-20(25-19)17(23)12-24-27/h6-8,10-13,18H,2-5,9,22-23H2,1H3/t13-,18-/m1/s1. The van der Waals surface area contributed by atoms with Gasteiger partial charge in [-0.15, -0.1) is 0 Å². The van der Waals surface area contributed by atoms with Crippen molar-refractivity contribution in [2.45, 2.75) is 44.7 Å². The van der Waals surface area contributed by atoms with Crippen LogP contribution in [-0.2, 0) is 6.42 Å². The fourth-order valence-electron chi connectivity index (χ4n) is 3.89. The van der Waals surface area contributed by atoms with Gasteiger partial charge in [0, 0.05) is 18.8 Å². The molecule has 0 amide bonds. The second-order valence-electron chi connectivity index (χ2n) is 7.36. The van der Waals surface area contributed by atoms with Gasteiger partial charge < -0.3 is 16.4 Å². The molecule has 27 heavy (non-hydrogen) atoms. The van der Waals surface area contributed by atoms with Crippen molar-refractivity contribution in [3.8, 4) is 0 Å². The lowest BCUT2D eigenvalue weighted by atomic mass is 9.94. The van der Waals surface area contributed by atoms with Crippen LogP contribution >= 0.6 is 0 Å². The molecule has 0 spiro atoms. The van der Waals surface area contributed by atoms with Crippen LogP contribution in [0.3, 0.4) is 0 Å². The third-order valence-electron chi connectivity index (χ3n) is 5.26. The number of aryl methyl sites for hydroxylation is 1. The minimum atomic E-state index is -0.204. The largest absolute Gasteiger partial charge is 0.394 e. The first-order chi connectivity index (χ1) is 13.0. The van der Waals surface area contributed by atoms with Crippen molar-refractivity contribution in [3.63, 3.8) is 0 Å². The van der Waals surface area contributed by atoms with E-state index in [1.165, 1.54) is 6.07 Å². The summed E-state index contributed by atoms with van der Waals surface area (Å²) in [6.45, 7) is 2.88. The Labute approximate surface area is 158 Å². The molecule has 1 aliphatic heterocycles. The van der Waals surface area contributed by atoms with E-state index >= 15 is 0 Å². The predicted molar refractivity (Wildman–Crippen MR) is 105 cm³/mol. The van der Waals surface area contributed by atoms with Crippen molar-refractivity contribution in [2.24, 2.45) is 5.73 Å². The molecule has 3 aromatic rings. The molecule has 0 radical (unpaired) electrons. The highest BCUT2D eigenvalue weighted by Crippen LogP contribution is 2.37. The third kappa shape index (κ3) is 3.47. The Kier molecular flexibility index (Phi) is 4.70. The molecule has 1 fully saturated rings. The number of aromatic nitrogens is 3. The van der Waals surface area contributed by atoms with Gasteiger partial charge in [-0.25, -0.2) is 13.9 Å². The molecule has 6 nitrogen and oxygen atoms in total. The minimum Gasteiger partial charge on any atom is -0.394 e. The van der Waals surface area contributed by atoms with Gasteiger partial charge in [0.2, 0.25) is 0 Å². The van der Waals surface area contributed by atoms with Crippen LogP contribution < -0.4 is 16.4 Å². The molecule has 2 aromatic heterocycles. The summed E-state index contributed by atoms with van der Waals surface area (Å²) < 4.78 is 15.7. The Morgan fingerprint density at radius 1 is 1.33 bits per heavy atom. The zero-order valence-corrected chi connectivity index (χ0v) is 15.5. The number of hydrogen-bond donors (Lipinski definition) is 2. The second-order valence-corrected chi connectivity index (χ2v) is 7.36. The Morgan fingerprint density at radius 3 is 3.00 bits per heavy atom. The number of nitrogen functional groups attached to an aromatic ring is 1. The Hall–Kier alpha value is -2.67. The van der Waals surface area contributed by atoms with Gasteiger partial charge in [0.1, 0.15) is 11.6 Å². The quantitative estimate of drug-likeness (QED) is 0.723. The minimum absolute atomic E-state index is 0.0999. The molecule has 4 N–H and O–H groups in total.